The van der Waals surface area contributed by atoms with Gasteiger partial charge in [0, 0.05) is 44.4 Å². The second kappa shape index (κ2) is 6.33. The minimum Gasteiger partial charge on any atom is -0.381 e. The molecule has 0 bridgehead atoms. The van der Waals surface area contributed by atoms with Gasteiger partial charge in [-0.3, -0.25) is 9.80 Å². The molecule has 4 heteroatoms. The molecule has 0 aromatic carbocycles. The summed E-state index contributed by atoms with van der Waals surface area (Å²) < 4.78 is 5.51. The largest absolute Gasteiger partial charge is 0.381 e. The quantitative estimate of drug-likeness (QED) is 0.793. The van der Waals surface area contributed by atoms with Crippen LogP contribution in [0.3, 0.4) is 0 Å². The summed E-state index contributed by atoms with van der Waals surface area (Å²) in [6, 6.07) is 0.728. The third kappa shape index (κ3) is 2.72. The van der Waals surface area contributed by atoms with E-state index in [0.717, 1.165) is 51.7 Å². The minimum absolute atomic E-state index is 0.222. The molecule has 2 N–H and O–H groups in total. The summed E-state index contributed by atoms with van der Waals surface area (Å²) in [7, 11) is 0. The second-order valence-electron chi connectivity index (χ2n) is 5.65. The summed E-state index contributed by atoms with van der Waals surface area (Å²) in [6.45, 7) is 11.8. The Hall–Kier alpha value is -0.160. The highest BCUT2D eigenvalue weighted by Crippen LogP contribution is 2.31. The predicted molar refractivity (Wildman–Crippen MR) is 74.7 cm³/mol. The Balaban J connectivity index is 1.97. The van der Waals surface area contributed by atoms with Gasteiger partial charge < -0.3 is 10.5 Å². The molecule has 2 saturated heterocycles. The van der Waals surface area contributed by atoms with Crippen LogP contribution in [-0.2, 0) is 4.74 Å². The molecule has 2 rings (SSSR count). The number of hydrogen-bond donors (Lipinski definition) is 1. The van der Waals surface area contributed by atoms with Gasteiger partial charge in [0.25, 0.3) is 0 Å². The van der Waals surface area contributed by atoms with Crippen LogP contribution in [0, 0.1) is 0 Å². The van der Waals surface area contributed by atoms with Gasteiger partial charge in [-0.25, -0.2) is 0 Å². The number of nitrogens with zero attached hydrogens (tertiary/aromatic N) is 2. The van der Waals surface area contributed by atoms with E-state index < -0.39 is 0 Å². The van der Waals surface area contributed by atoms with Crippen molar-refractivity contribution in [2.24, 2.45) is 5.73 Å². The molecule has 0 aromatic heterocycles. The Bertz CT molecular complexity index is 249. The van der Waals surface area contributed by atoms with Crippen LogP contribution in [0.2, 0.25) is 0 Å². The zero-order valence-electron chi connectivity index (χ0n) is 12.0. The van der Waals surface area contributed by atoms with Gasteiger partial charge in [-0.15, -0.1) is 0 Å². The van der Waals surface area contributed by atoms with Crippen LogP contribution < -0.4 is 5.73 Å². The first kappa shape index (κ1) is 14.3. The van der Waals surface area contributed by atoms with Crippen LogP contribution in [-0.4, -0.2) is 67.3 Å². The minimum atomic E-state index is 0.222. The first-order valence-electron chi connectivity index (χ1n) is 7.52. The van der Waals surface area contributed by atoms with E-state index in [4.69, 9.17) is 10.5 Å². The predicted octanol–water partition coefficient (Wildman–Crippen LogP) is 0.910. The van der Waals surface area contributed by atoms with Gasteiger partial charge in [0.2, 0.25) is 0 Å². The highest BCUT2D eigenvalue weighted by atomic mass is 16.5. The van der Waals surface area contributed by atoms with E-state index in [1.54, 1.807) is 0 Å². The number of likely N-dealkylation sites (tertiary alicyclic amines) is 1. The fourth-order valence-corrected chi connectivity index (χ4v) is 3.61. The van der Waals surface area contributed by atoms with Crippen molar-refractivity contribution < 1.29 is 4.74 Å². The van der Waals surface area contributed by atoms with Gasteiger partial charge in [0.15, 0.2) is 0 Å². The Morgan fingerprint density at radius 1 is 1.28 bits per heavy atom. The van der Waals surface area contributed by atoms with Crippen LogP contribution in [0.4, 0.5) is 0 Å². The van der Waals surface area contributed by atoms with E-state index >= 15 is 0 Å². The molecule has 0 aromatic rings. The molecule has 4 nitrogen and oxygen atoms in total. The zero-order chi connectivity index (χ0) is 13.0. The van der Waals surface area contributed by atoms with Crippen molar-refractivity contribution in [2.75, 3.05) is 45.9 Å². The van der Waals surface area contributed by atoms with Crippen molar-refractivity contribution in [3.05, 3.63) is 0 Å². The van der Waals surface area contributed by atoms with Crippen molar-refractivity contribution in [3.8, 4) is 0 Å². The zero-order valence-corrected chi connectivity index (χ0v) is 12.0. The SMILES string of the molecule is CCN(CC)C1CCN(C2(CN)CCOCC2)C1. The van der Waals surface area contributed by atoms with Crippen molar-refractivity contribution in [1.29, 1.82) is 0 Å². The summed E-state index contributed by atoms with van der Waals surface area (Å²) in [5, 5.41) is 0. The average molecular weight is 255 g/mol. The van der Waals surface area contributed by atoms with Crippen LogP contribution in [0.1, 0.15) is 33.1 Å². The maximum Gasteiger partial charge on any atom is 0.0484 e. The second-order valence-corrected chi connectivity index (χ2v) is 5.65. The van der Waals surface area contributed by atoms with Crippen molar-refractivity contribution in [2.45, 2.75) is 44.7 Å². The summed E-state index contributed by atoms with van der Waals surface area (Å²) in [6.07, 6.45) is 3.51. The molecule has 2 aliphatic heterocycles. The monoisotopic (exact) mass is 255 g/mol. The number of ether oxygens (including phenoxy) is 1. The lowest BCUT2D eigenvalue weighted by atomic mass is 9.88. The van der Waals surface area contributed by atoms with Gasteiger partial charge in [-0.2, -0.15) is 0 Å². The molecule has 1 atom stereocenters. The topological polar surface area (TPSA) is 41.7 Å². The van der Waals surface area contributed by atoms with Gasteiger partial charge in [-0.1, -0.05) is 13.8 Å². The standard InChI is InChI=1S/C14H29N3O/c1-3-16(4-2)13-5-8-17(11-13)14(12-15)6-9-18-10-7-14/h13H,3-12,15H2,1-2H3. The Morgan fingerprint density at radius 2 is 1.94 bits per heavy atom. The highest BCUT2D eigenvalue weighted by Gasteiger charge is 2.41. The van der Waals surface area contributed by atoms with Crippen LogP contribution in [0.15, 0.2) is 0 Å². The van der Waals surface area contributed by atoms with Gasteiger partial charge >= 0.3 is 0 Å². The number of rotatable bonds is 5. The first-order valence-corrected chi connectivity index (χ1v) is 7.52. The van der Waals surface area contributed by atoms with E-state index in [-0.39, 0.29) is 5.54 Å². The van der Waals surface area contributed by atoms with Crippen LogP contribution >= 0.6 is 0 Å². The Morgan fingerprint density at radius 3 is 2.50 bits per heavy atom. The lowest BCUT2D eigenvalue weighted by molar-refractivity contribution is -0.0168. The molecular weight excluding hydrogens is 226 g/mol. The molecule has 1 unspecified atom stereocenters. The van der Waals surface area contributed by atoms with E-state index in [9.17, 15) is 0 Å². The Kier molecular flexibility index (Phi) is 5.01. The third-order valence-electron chi connectivity index (χ3n) is 4.97. The normalized spacial score (nSPS) is 29.0. The van der Waals surface area contributed by atoms with Crippen LogP contribution in [0.25, 0.3) is 0 Å². The first-order chi connectivity index (χ1) is 8.75. The molecule has 0 saturated carbocycles. The van der Waals surface area contributed by atoms with Crippen LogP contribution in [0.5, 0.6) is 0 Å². The average Bonchev–Trinajstić information content (AvgIpc) is 2.91. The molecule has 2 fully saturated rings. The summed E-state index contributed by atoms with van der Waals surface area (Å²) in [5.41, 5.74) is 6.32. The molecular formula is C14H29N3O. The van der Waals surface area contributed by atoms with E-state index in [0.29, 0.717) is 0 Å². The van der Waals surface area contributed by atoms with Gasteiger partial charge in [0.05, 0.1) is 0 Å². The number of likely N-dealkylation sites (N-methyl/N-ethyl adjacent to an activating group) is 1. The molecule has 18 heavy (non-hydrogen) atoms. The van der Waals surface area contributed by atoms with Crippen molar-refractivity contribution in [3.63, 3.8) is 0 Å². The molecule has 106 valence electrons. The maximum atomic E-state index is 6.09. The number of hydrogen-bond acceptors (Lipinski definition) is 4. The fraction of sp³-hybridized carbons (Fsp3) is 1.00. The molecule has 0 radical (unpaired) electrons. The molecule has 0 spiro atoms. The third-order valence-corrected chi connectivity index (χ3v) is 4.97. The van der Waals surface area contributed by atoms with Gasteiger partial charge in [-0.05, 0) is 32.4 Å². The lowest BCUT2D eigenvalue weighted by Gasteiger charge is -2.44. The molecule has 0 amide bonds. The summed E-state index contributed by atoms with van der Waals surface area (Å²) >= 11 is 0. The van der Waals surface area contributed by atoms with E-state index in [1.165, 1.54) is 19.5 Å². The van der Waals surface area contributed by atoms with E-state index in [1.807, 2.05) is 0 Å². The molecule has 0 aliphatic carbocycles. The molecule has 2 heterocycles. The van der Waals surface area contributed by atoms with Crippen molar-refractivity contribution >= 4 is 0 Å². The maximum absolute atomic E-state index is 6.09. The fourth-order valence-electron chi connectivity index (χ4n) is 3.61. The lowest BCUT2D eigenvalue weighted by Crippen LogP contribution is -2.56. The van der Waals surface area contributed by atoms with Gasteiger partial charge in [0.1, 0.15) is 0 Å². The van der Waals surface area contributed by atoms with E-state index in [2.05, 4.69) is 23.6 Å². The highest BCUT2D eigenvalue weighted by molar-refractivity contribution is 4.98. The molecule has 2 aliphatic rings. The van der Waals surface area contributed by atoms with Crippen molar-refractivity contribution in [1.82, 2.24) is 9.80 Å². The summed E-state index contributed by atoms with van der Waals surface area (Å²) in [5.74, 6) is 0. The summed E-state index contributed by atoms with van der Waals surface area (Å²) in [4.78, 5) is 5.24. The number of nitrogens with two attached hydrogens (primary N) is 1. The Labute approximate surface area is 111 Å². The smallest absolute Gasteiger partial charge is 0.0484 e.